The summed E-state index contributed by atoms with van der Waals surface area (Å²) >= 11 is 1.27. The number of nitrogens with zero attached hydrogens (tertiary/aromatic N) is 3. The molecule has 2 heterocycles. The maximum atomic E-state index is 12.9. The standard InChI is InChI=1S/C21H25F3N4O2S/c1-20(2,3)18(30)26-19-25-15(13-31-19)12-17(29)28-9-7-27(8-10-28)16-6-4-5-14(11-16)21(22,23)24/h4-6,11,13H,7-10,12H2,1-3H3,(H,25,26,30). The number of amides is 2. The Morgan fingerprint density at radius 1 is 1.13 bits per heavy atom. The molecule has 1 aliphatic heterocycles. The van der Waals surface area contributed by atoms with Crippen molar-refractivity contribution in [1.82, 2.24) is 9.88 Å². The SMILES string of the molecule is CC(C)(C)C(=O)Nc1nc(CC(=O)N2CCN(c3cccc(C(F)(F)F)c3)CC2)cs1. The van der Waals surface area contributed by atoms with Crippen LogP contribution in [0.3, 0.4) is 0 Å². The third-order valence-electron chi connectivity index (χ3n) is 4.96. The van der Waals surface area contributed by atoms with Gasteiger partial charge >= 0.3 is 6.18 Å². The number of hydrogen-bond donors (Lipinski definition) is 1. The number of alkyl halides is 3. The second-order valence-electron chi connectivity index (χ2n) is 8.44. The number of hydrogen-bond acceptors (Lipinski definition) is 5. The van der Waals surface area contributed by atoms with Crippen LogP contribution in [0.1, 0.15) is 32.0 Å². The molecule has 3 rings (SSSR count). The topological polar surface area (TPSA) is 65.5 Å². The number of carbonyl (C=O) groups is 2. The maximum Gasteiger partial charge on any atom is 0.416 e. The number of nitrogens with one attached hydrogen (secondary N) is 1. The summed E-state index contributed by atoms with van der Waals surface area (Å²) in [4.78, 5) is 32.5. The van der Waals surface area contributed by atoms with E-state index in [2.05, 4.69) is 10.3 Å². The number of rotatable bonds is 4. The monoisotopic (exact) mass is 454 g/mol. The van der Waals surface area contributed by atoms with E-state index in [0.717, 1.165) is 12.1 Å². The summed E-state index contributed by atoms with van der Waals surface area (Å²) < 4.78 is 38.8. The molecule has 6 nitrogen and oxygen atoms in total. The average molecular weight is 455 g/mol. The second kappa shape index (κ2) is 8.86. The molecule has 1 N–H and O–H groups in total. The van der Waals surface area contributed by atoms with E-state index in [0.29, 0.717) is 42.7 Å². The Hall–Kier alpha value is -2.62. The van der Waals surface area contributed by atoms with E-state index in [9.17, 15) is 22.8 Å². The minimum Gasteiger partial charge on any atom is -0.368 e. The summed E-state index contributed by atoms with van der Waals surface area (Å²) in [6.07, 6.45) is -4.27. The Bertz CT molecular complexity index is 945. The Morgan fingerprint density at radius 3 is 2.42 bits per heavy atom. The summed E-state index contributed by atoms with van der Waals surface area (Å²) in [5, 5.41) is 4.95. The fourth-order valence-electron chi connectivity index (χ4n) is 3.09. The molecule has 1 aliphatic rings. The van der Waals surface area contributed by atoms with Gasteiger partial charge in [0.15, 0.2) is 5.13 Å². The number of aromatic nitrogens is 1. The number of thiazole rings is 1. The van der Waals surface area contributed by atoms with Crippen molar-refractivity contribution in [1.29, 1.82) is 0 Å². The minimum atomic E-state index is -4.38. The van der Waals surface area contributed by atoms with Crippen molar-refractivity contribution in [2.24, 2.45) is 5.41 Å². The molecule has 0 bridgehead atoms. The predicted molar refractivity (Wildman–Crippen MR) is 114 cm³/mol. The molecule has 1 saturated heterocycles. The highest BCUT2D eigenvalue weighted by Crippen LogP contribution is 2.32. The summed E-state index contributed by atoms with van der Waals surface area (Å²) in [6.45, 7) is 7.17. The molecule has 0 unspecified atom stereocenters. The number of benzene rings is 1. The summed E-state index contributed by atoms with van der Waals surface area (Å²) in [7, 11) is 0. The molecule has 0 radical (unpaired) electrons. The van der Waals surface area contributed by atoms with E-state index in [1.54, 1.807) is 37.1 Å². The average Bonchev–Trinajstić information content (AvgIpc) is 3.13. The Balaban J connectivity index is 1.54. The Morgan fingerprint density at radius 2 is 1.81 bits per heavy atom. The van der Waals surface area contributed by atoms with Gasteiger partial charge in [-0.2, -0.15) is 13.2 Å². The first kappa shape index (κ1) is 23.1. The number of carbonyl (C=O) groups excluding carboxylic acids is 2. The summed E-state index contributed by atoms with van der Waals surface area (Å²) in [5.41, 5.74) is -0.136. The zero-order valence-corrected chi connectivity index (χ0v) is 18.4. The Labute approximate surface area is 183 Å². The van der Waals surface area contributed by atoms with E-state index in [1.807, 2.05) is 4.90 Å². The number of piperazine rings is 1. The van der Waals surface area contributed by atoms with Gasteiger partial charge in [0.05, 0.1) is 17.7 Å². The van der Waals surface area contributed by atoms with Gasteiger partial charge in [0.2, 0.25) is 11.8 Å². The van der Waals surface area contributed by atoms with E-state index in [-0.39, 0.29) is 18.2 Å². The van der Waals surface area contributed by atoms with Gasteiger partial charge in [-0.1, -0.05) is 26.8 Å². The van der Waals surface area contributed by atoms with Gasteiger partial charge in [-0.05, 0) is 18.2 Å². The van der Waals surface area contributed by atoms with Gasteiger partial charge in [0, 0.05) is 42.7 Å². The van der Waals surface area contributed by atoms with Crippen LogP contribution in [0.25, 0.3) is 0 Å². The molecule has 0 atom stereocenters. The zero-order chi connectivity index (χ0) is 22.8. The third kappa shape index (κ3) is 5.96. The first-order valence-corrected chi connectivity index (χ1v) is 10.8. The molecule has 1 aromatic carbocycles. The minimum absolute atomic E-state index is 0.0947. The molecule has 1 aromatic heterocycles. The van der Waals surface area contributed by atoms with Crippen molar-refractivity contribution in [3.05, 3.63) is 40.9 Å². The molecule has 0 spiro atoms. The lowest BCUT2D eigenvalue weighted by Crippen LogP contribution is -2.49. The Kier molecular flexibility index (Phi) is 6.59. The van der Waals surface area contributed by atoms with Gasteiger partial charge in [-0.15, -0.1) is 11.3 Å². The third-order valence-corrected chi connectivity index (χ3v) is 5.76. The summed E-state index contributed by atoms with van der Waals surface area (Å²) in [6, 6.07) is 5.23. The normalized spacial score (nSPS) is 15.2. The molecule has 2 amide bonds. The van der Waals surface area contributed by atoms with E-state index in [1.165, 1.54) is 17.4 Å². The molecule has 0 saturated carbocycles. The molecular formula is C21H25F3N4O2S. The highest BCUT2D eigenvalue weighted by atomic mass is 32.1. The molecule has 1 fully saturated rings. The molecular weight excluding hydrogens is 429 g/mol. The van der Waals surface area contributed by atoms with Crippen molar-refractivity contribution in [3.63, 3.8) is 0 Å². The van der Waals surface area contributed by atoms with E-state index >= 15 is 0 Å². The molecule has 168 valence electrons. The quantitative estimate of drug-likeness (QED) is 0.758. The number of halogens is 3. The lowest BCUT2D eigenvalue weighted by atomic mass is 9.96. The van der Waals surface area contributed by atoms with Crippen LogP contribution in [0, 0.1) is 5.41 Å². The first-order valence-electron chi connectivity index (χ1n) is 9.89. The van der Waals surface area contributed by atoms with Gasteiger partial charge in [-0.25, -0.2) is 4.98 Å². The van der Waals surface area contributed by atoms with Gasteiger partial charge < -0.3 is 15.1 Å². The molecule has 2 aromatic rings. The fraction of sp³-hybridized carbons (Fsp3) is 0.476. The van der Waals surface area contributed by atoms with Crippen molar-refractivity contribution in [3.8, 4) is 0 Å². The highest BCUT2D eigenvalue weighted by molar-refractivity contribution is 7.13. The van der Waals surface area contributed by atoms with Crippen LogP contribution in [0.2, 0.25) is 0 Å². The predicted octanol–water partition coefficient (Wildman–Crippen LogP) is 4.04. The zero-order valence-electron chi connectivity index (χ0n) is 17.6. The number of anilines is 2. The van der Waals surface area contributed by atoms with Crippen LogP contribution in [-0.4, -0.2) is 47.9 Å². The van der Waals surface area contributed by atoms with Crippen molar-refractivity contribution in [2.45, 2.75) is 33.4 Å². The molecule has 10 heteroatoms. The van der Waals surface area contributed by atoms with E-state index in [4.69, 9.17) is 0 Å². The lowest BCUT2D eigenvalue weighted by Gasteiger charge is -2.36. The second-order valence-corrected chi connectivity index (χ2v) is 9.30. The maximum absolute atomic E-state index is 12.9. The van der Waals surface area contributed by atoms with Gasteiger partial charge in [0.1, 0.15) is 0 Å². The lowest BCUT2D eigenvalue weighted by molar-refractivity contribution is -0.137. The summed E-state index contributed by atoms with van der Waals surface area (Å²) in [5.74, 6) is -0.242. The molecule has 31 heavy (non-hydrogen) atoms. The van der Waals surface area contributed by atoms with Gasteiger partial charge in [0.25, 0.3) is 0 Å². The van der Waals surface area contributed by atoms with Crippen molar-refractivity contribution in [2.75, 3.05) is 36.4 Å². The van der Waals surface area contributed by atoms with Crippen LogP contribution < -0.4 is 10.2 Å². The van der Waals surface area contributed by atoms with E-state index < -0.39 is 17.2 Å². The van der Waals surface area contributed by atoms with Crippen molar-refractivity contribution < 1.29 is 22.8 Å². The van der Waals surface area contributed by atoms with Crippen LogP contribution >= 0.6 is 11.3 Å². The highest BCUT2D eigenvalue weighted by Gasteiger charge is 2.31. The largest absolute Gasteiger partial charge is 0.416 e. The van der Waals surface area contributed by atoms with Crippen LogP contribution in [0.5, 0.6) is 0 Å². The van der Waals surface area contributed by atoms with Crippen molar-refractivity contribution >= 4 is 34.0 Å². The fourth-order valence-corrected chi connectivity index (χ4v) is 3.80. The van der Waals surface area contributed by atoms with Gasteiger partial charge in [-0.3, -0.25) is 9.59 Å². The van der Waals surface area contributed by atoms with Crippen LogP contribution in [-0.2, 0) is 22.2 Å². The first-order chi connectivity index (χ1) is 14.4. The smallest absolute Gasteiger partial charge is 0.368 e. The van der Waals surface area contributed by atoms with Crippen LogP contribution in [0.4, 0.5) is 24.0 Å². The molecule has 0 aliphatic carbocycles. The van der Waals surface area contributed by atoms with Crippen LogP contribution in [0.15, 0.2) is 29.6 Å².